The largest absolute Gasteiger partial charge is 0.378 e. The zero-order valence-corrected chi connectivity index (χ0v) is 15.1. The van der Waals surface area contributed by atoms with Crippen molar-refractivity contribution >= 4 is 28.9 Å². The van der Waals surface area contributed by atoms with E-state index in [2.05, 4.69) is 15.6 Å². The van der Waals surface area contributed by atoms with E-state index in [1.54, 1.807) is 30.3 Å². The lowest BCUT2D eigenvalue weighted by Crippen LogP contribution is -2.18. The van der Waals surface area contributed by atoms with Gasteiger partial charge in [0, 0.05) is 31.2 Å². The molecular formula is C21H20N4O2. The number of nitrogens with one attached hydrogen (secondary N) is 2. The van der Waals surface area contributed by atoms with Crippen LogP contribution in [-0.4, -0.2) is 30.9 Å². The molecular weight excluding hydrogens is 340 g/mol. The molecule has 0 saturated heterocycles. The van der Waals surface area contributed by atoms with Crippen molar-refractivity contribution in [3.8, 4) is 0 Å². The highest BCUT2D eigenvalue weighted by Crippen LogP contribution is 2.16. The lowest BCUT2D eigenvalue weighted by atomic mass is 10.2. The predicted molar refractivity (Wildman–Crippen MR) is 107 cm³/mol. The first-order chi connectivity index (χ1) is 13.0. The Morgan fingerprint density at radius 2 is 1.22 bits per heavy atom. The molecule has 0 saturated carbocycles. The Kier molecular flexibility index (Phi) is 5.47. The van der Waals surface area contributed by atoms with Gasteiger partial charge in [-0.15, -0.1) is 0 Å². The molecule has 0 atom stereocenters. The van der Waals surface area contributed by atoms with Crippen LogP contribution in [0, 0.1) is 0 Å². The first kappa shape index (κ1) is 18.1. The summed E-state index contributed by atoms with van der Waals surface area (Å²) in [5.41, 5.74) is 2.71. The van der Waals surface area contributed by atoms with Crippen LogP contribution in [0.25, 0.3) is 0 Å². The molecule has 2 N–H and O–H groups in total. The van der Waals surface area contributed by atoms with E-state index in [9.17, 15) is 9.59 Å². The number of carbonyl (C=O) groups is 2. The molecule has 6 nitrogen and oxygen atoms in total. The van der Waals surface area contributed by atoms with Crippen LogP contribution in [-0.2, 0) is 0 Å². The molecule has 136 valence electrons. The maximum absolute atomic E-state index is 12.5. The highest BCUT2D eigenvalue weighted by Gasteiger charge is 2.13. The number of hydrogen-bond acceptors (Lipinski definition) is 4. The highest BCUT2D eigenvalue weighted by atomic mass is 16.2. The van der Waals surface area contributed by atoms with Gasteiger partial charge in [-0.3, -0.25) is 9.59 Å². The number of rotatable bonds is 5. The zero-order chi connectivity index (χ0) is 19.2. The lowest BCUT2D eigenvalue weighted by Gasteiger charge is -2.13. The van der Waals surface area contributed by atoms with E-state index in [1.165, 1.54) is 0 Å². The lowest BCUT2D eigenvalue weighted by molar-refractivity contribution is 0.101. The standard InChI is InChI=1S/C21H20N4O2/c1-25(2)17-13-11-16(12-14-17)23-21(27)19-10-6-9-18(24-19)20(26)22-15-7-4-3-5-8-15/h3-14H,1-2H3,(H,22,26)(H,23,27). The van der Waals surface area contributed by atoms with Crippen molar-refractivity contribution in [1.29, 1.82) is 0 Å². The second-order valence-corrected chi connectivity index (χ2v) is 6.12. The highest BCUT2D eigenvalue weighted by molar-refractivity contribution is 6.06. The third kappa shape index (κ3) is 4.70. The summed E-state index contributed by atoms with van der Waals surface area (Å²) >= 11 is 0. The molecule has 0 bridgehead atoms. The van der Waals surface area contributed by atoms with Crippen molar-refractivity contribution in [2.75, 3.05) is 29.6 Å². The summed E-state index contributed by atoms with van der Waals surface area (Å²) in [6.45, 7) is 0. The van der Waals surface area contributed by atoms with E-state index < -0.39 is 0 Å². The Hall–Kier alpha value is -3.67. The van der Waals surface area contributed by atoms with Gasteiger partial charge in [0.05, 0.1) is 0 Å². The molecule has 0 fully saturated rings. The smallest absolute Gasteiger partial charge is 0.274 e. The molecule has 3 rings (SSSR count). The number of benzene rings is 2. The number of hydrogen-bond donors (Lipinski definition) is 2. The summed E-state index contributed by atoms with van der Waals surface area (Å²) in [6, 6.07) is 21.3. The van der Waals surface area contributed by atoms with Crippen LogP contribution in [0.2, 0.25) is 0 Å². The fraction of sp³-hybridized carbons (Fsp3) is 0.0952. The van der Waals surface area contributed by atoms with Crippen molar-refractivity contribution in [3.63, 3.8) is 0 Å². The number of aromatic nitrogens is 1. The number of nitrogens with zero attached hydrogens (tertiary/aromatic N) is 2. The van der Waals surface area contributed by atoms with Crippen molar-refractivity contribution < 1.29 is 9.59 Å². The normalized spacial score (nSPS) is 10.1. The van der Waals surface area contributed by atoms with Gasteiger partial charge < -0.3 is 15.5 Å². The van der Waals surface area contributed by atoms with Gasteiger partial charge >= 0.3 is 0 Å². The number of para-hydroxylation sites is 1. The maximum Gasteiger partial charge on any atom is 0.274 e. The van der Waals surface area contributed by atoms with Gasteiger partial charge in [0.1, 0.15) is 11.4 Å². The minimum absolute atomic E-state index is 0.174. The van der Waals surface area contributed by atoms with Crippen molar-refractivity contribution in [2.45, 2.75) is 0 Å². The quantitative estimate of drug-likeness (QED) is 0.728. The molecule has 6 heteroatoms. The average molecular weight is 360 g/mol. The molecule has 0 aliphatic rings. The number of carbonyl (C=O) groups excluding carboxylic acids is 2. The Morgan fingerprint density at radius 1 is 0.704 bits per heavy atom. The van der Waals surface area contributed by atoms with Crippen molar-refractivity contribution in [3.05, 3.63) is 84.2 Å². The third-order valence-electron chi connectivity index (χ3n) is 3.89. The molecule has 1 aromatic heterocycles. The molecule has 0 spiro atoms. The molecule has 0 aliphatic heterocycles. The van der Waals surface area contributed by atoms with Crippen LogP contribution < -0.4 is 15.5 Å². The molecule has 0 unspecified atom stereocenters. The number of anilines is 3. The van der Waals surface area contributed by atoms with Crippen LogP contribution in [0.5, 0.6) is 0 Å². The van der Waals surface area contributed by atoms with Gasteiger partial charge in [-0.1, -0.05) is 24.3 Å². The van der Waals surface area contributed by atoms with Crippen LogP contribution in [0.3, 0.4) is 0 Å². The molecule has 1 heterocycles. The second-order valence-electron chi connectivity index (χ2n) is 6.12. The summed E-state index contributed by atoms with van der Waals surface area (Å²) < 4.78 is 0. The molecule has 3 aromatic rings. The Labute approximate surface area is 157 Å². The van der Waals surface area contributed by atoms with Gasteiger partial charge in [-0.2, -0.15) is 0 Å². The number of amides is 2. The van der Waals surface area contributed by atoms with Crippen LogP contribution in [0.4, 0.5) is 17.1 Å². The first-order valence-corrected chi connectivity index (χ1v) is 8.45. The zero-order valence-electron chi connectivity index (χ0n) is 15.1. The second kappa shape index (κ2) is 8.14. The summed E-state index contributed by atoms with van der Waals surface area (Å²) in [6.07, 6.45) is 0. The van der Waals surface area contributed by atoms with Gasteiger partial charge in [-0.05, 0) is 48.5 Å². The van der Waals surface area contributed by atoms with E-state index >= 15 is 0 Å². The van der Waals surface area contributed by atoms with E-state index in [-0.39, 0.29) is 23.2 Å². The molecule has 2 aromatic carbocycles. The first-order valence-electron chi connectivity index (χ1n) is 8.45. The topological polar surface area (TPSA) is 74.3 Å². The maximum atomic E-state index is 12.5. The average Bonchev–Trinajstić information content (AvgIpc) is 2.69. The molecule has 0 aliphatic carbocycles. The van der Waals surface area contributed by atoms with Crippen LogP contribution in [0.15, 0.2) is 72.8 Å². The monoisotopic (exact) mass is 360 g/mol. The third-order valence-corrected chi connectivity index (χ3v) is 3.89. The minimum atomic E-state index is -0.373. The van der Waals surface area contributed by atoms with Crippen molar-refractivity contribution in [1.82, 2.24) is 4.98 Å². The van der Waals surface area contributed by atoms with Gasteiger partial charge in [-0.25, -0.2) is 4.98 Å². The fourth-order valence-corrected chi connectivity index (χ4v) is 2.44. The van der Waals surface area contributed by atoms with E-state index in [0.717, 1.165) is 5.69 Å². The van der Waals surface area contributed by atoms with Crippen LogP contribution in [0.1, 0.15) is 21.0 Å². The summed E-state index contributed by atoms with van der Waals surface area (Å²) in [5, 5.41) is 5.54. The number of pyridine rings is 1. The van der Waals surface area contributed by atoms with Crippen molar-refractivity contribution in [2.24, 2.45) is 0 Å². The van der Waals surface area contributed by atoms with Gasteiger partial charge in [0.15, 0.2) is 0 Å². The Morgan fingerprint density at radius 3 is 1.74 bits per heavy atom. The van der Waals surface area contributed by atoms with Gasteiger partial charge in [0.25, 0.3) is 11.8 Å². The van der Waals surface area contributed by atoms with E-state index in [4.69, 9.17) is 0 Å². The SMILES string of the molecule is CN(C)c1ccc(NC(=O)c2cccc(C(=O)Nc3ccccc3)n2)cc1. The molecule has 27 heavy (non-hydrogen) atoms. The minimum Gasteiger partial charge on any atom is -0.378 e. The van der Waals surface area contributed by atoms with Crippen LogP contribution >= 0.6 is 0 Å². The Bertz CT molecular complexity index is 938. The van der Waals surface area contributed by atoms with E-state index in [1.807, 2.05) is 61.5 Å². The Balaban J connectivity index is 1.70. The van der Waals surface area contributed by atoms with Gasteiger partial charge in [0.2, 0.25) is 0 Å². The predicted octanol–water partition coefficient (Wildman–Crippen LogP) is 3.65. The summed E-state index contributed by atoms with van der Waals surface area (Å²) in [4.78, 5) is 30.9. The molecule has 0 radical (unpaired) electrons. The fourth-order valence-electron chi connectivity index (χ4n) is 2.44. The summed E-state index contributed by atoms with van der Waals surface area (Å²) in [7, 11) is 3.90. The van der Waals surface area contributed by atoms with E-state index in [0.29, 0.717) is 11.4 Å². The summed E-state index contributed by atoms with van der Waals surface area (Å²) in [5.74, 6) is -0.742. The molecule has 2 amide bonds.